The van der Waals surface area contributed by atoms with E-state index in [1.165, 1.54) is 17.8 Å². The smallest absolute Gasteiger partial charge is 0.332 e. The van der Waals surface area contributed by atoms with Crippen LogP contribution in [0, 0.1) is 0 Å². The van der Waals surface area contributed by atoms with Gasteiger partial charge in [0.1, 0.15) is 11.9 Å². The zero-order valence-corrected chi connectivity index (χ0v) is 19.5. The largest absolute Gasteiger partial charge is 0.350 e. The molecular formula is C23H20ClN5O3S. The molecule has 2 heterocycles. The van der Waals surface area contributed by atoms with Gasteiger partial charge >= 0.3 is 5.69 Å². The molecule has 1 amide bonds. The topological polar surface area (TPSA) is 98.9 Å². The normalized spacial score (nSPS) is 11.0. The zero-order valence-electron chi connectivity index (χ0n) is 17.9. The third kappa shape index (κ3) is 4.84. The number of thioether (sulfide) groups is 1. The molecule has 0 aliphatic heterocycles. The highest BCUT2D eigenvalue weighted by Gasteiger charge is 2.16. The second-order valence-electron chi connectivity index (χ2n) is 7.30. The van der Waals surface area contributed by atoms with Gasteiger partial charge in [-0.15, -0.1) is 11.8 Å². The summed E-state index contributed by atoms with van der Waals surface area (Å²) < 4.78 is 2.13. The predicted octanol–water partition coefficient (Wildman–Crippen LogP) is 2.85. The van der Waals surface area contributed by atoms with Crippen molar-refractivity contribution in [1.29, 1.82) is 0 Å². The van der Waals surface area contributed by atoms with Crippen molar-refractivity contribution in [1.82, 2.24) is 24.4 Å². The maximum atomic E-state index is 12.9. The summed E-state index contributed by atoms with van der Waals surface area (Å²) >= 11 is 7.56. The van der Waals surface area contributed by atoms with E-state index in [9.17, 15) is 14.4 Å². The van der Waals surface area contributed by atoms with E-state index in [0.717, 1.165) is 15.0 Å². The van der Waals surface area contributed by atoms with E-state index in [2.05, 4.69) is 15.3 Å². The fourth-order valence-corrected chi connectivity index (χ4v) is 3.84. The Morgan fingerprint density at radius 2 is 1.79 bits per heavy atom. The molecule has 33 heavy (non-hydrogen) atoms. The van der Waals surface area contributed by atoms with Gasteiger partial charge in [0.15, 0.2) is 11.5 Å². The number of benzene rings is 2. The molecule has 0 aliphatic rings. The number of carbonyl (C=O) groups excluding carboxylic acids is 1. The van der Waals surface area contributed by atoms with E-state index < -0.39 is 23.7 Å². The quantitative estimate of drug-likeness (QED) is 0.425. The van der Waals surface area contributed by atoms with E-state index in [-0.39, 0.29) is 11.0 Å². The van der Waals surface area contributed by atoms with E-state index in [4.69, 9.17) is 11.6 Å². The van der Waals surface area contributed by atoms with Crippen LogP contribution < -0.4 is 16.6 Å². The van der Waals surface area contributed by atoms with Gasteiger partial charge in [-0.3, -0.25) is 18.7 Å². The minimum Gasteiger partial charge on any atom is -0.350 e. The van der Waals surface area contributed by atoms with Gasteiger partial charge in [-0.05, 0) is 48.2 Å². The molecule has 0 bridgehead atoms. The number of fused-ring (bicyclic) bond motifs is 1. The van der Waals surface area contributed by atoms with E-state index in [0.29, 0.717) is 23.0 Å². The first kappa shape index (κ1) is 22.8. The van der Waals surface area contributed by atoms with Crippen molar-refractivity contribution in [3.63, 3.8) is 0 Å². The molecule has 0 atom stereocenters. The lowest BCUT2D eigenvalue weighted by atomic mass is 10.2. The summed E-state index contributed by atoms with van der Waals surface area (Å²) in [5, 5.41) is 3.47. The number of nitrogens with zero attached hydrogens (tertiary/aromatic N) is 4. The van der Waals surface area contributed by atoms with Crippen LogP contribution in [0.3, 0.4) is 0 Å². The lowest BCUT2D eigenvalue weighted by molar-refractivity contribution is -0.121. The number of rotatable bonds is 6. The van der Waals surface area contributed by atoms with Gasteiger partial charge in [-0.2, -0.15) is 0 Å². The minimum atomic E-state index is -0.632. The number of aryl methyl sites for hydroxylation is 1. The van der Waals surface area contributed by atoms with Crippen LogP contribution in [0.2, 0.25) is 5.02 Å². The molecule has 0 unspecified atom stereocenters. The van der Waals surface area contributed by atoms with Crippen molar-refractivity contribution in [2.45, 2.75) is 18.0 Å². The standard InChI is InChI=1S/C23H20ClN5O3S/c1-28-21-18(12-26-20(27-21)15-5-7-16(24)8-6-15)22(31)29(23(28)32)13-19(30)25-11-14-3-9-17(33-2)10-4-14/h3-10,12H,11,13H2,1-2H3,(H,25,30). The fraction of sp³-hybridized carbons (Fsp3) is 0.174. The summed E-state index contributed by atoms with van der Waals surface area (Å²) in [6.45, 7) is -0.104. The van der Waals surface area contributed by atoms with Gasteiger partial charge < -0.3 is 5.32 Å². The van der Waals surface area contributed by atoms with Gasteiger partial charge in [0.25, 0.3) is 5.56 Å². The number of halogens is 1. The summed E-state index contributed by atoms with van der Waals surface area (Å²) in [6, 6.07) is 14.7. The van der Waals surface area contributed by atoms with Crippen molar-refractivity contribution in [3.05, 3.63) is 86.2 Å². The summed E-state index contributed by atoms with van der Waals surface area (Å²) in [6.07, 6.45) is 3.36. The molecule has 168 valence electrons. The van der Waals surface area contributed by atoms with Crippen LogP contribution in [-0.4, -0.2) is 31.3 Å². The molecule has 4 aromatic rings. The van der Waals surface area contributed by atoms with Crippen LogP contribution in [-0.2, 0) is 24.9 Å². The number of amides is 1. The van der Waals surface area contributed by atoms with Crippen LogP contribution in [0.1, 0.15) is 5.56 Å². The Balaban J connectivity index is 1.59. The molecule has 2 aromatic carbocycles. The number of hydrogen-bond donors (Lipinski definition) is 1. The first-order valence-electron chi connectivity index (χ1n) is 9.99. The van der Waals surface area contributed by atoms with Gasteiger partial charge in [0, 0.05) is 35.3 Å². The maximum Gasteiger partial charge on any atom is 0.332 e. The SMILES string of the molecule is CSc1ccc(CNC(=O)Cn2c(=O)c3cnc(-c4ccc(Cl)cc4)nc3n(C)c2=O)cc1. The Morgan fingerprint density at radius 3 is 2.45 bits per heavy atom. The van der Waals surface area contributed by atoms with Crippen molar-refractivity contribution < 1.29 is 4.79 Å². The Hall–Kier alpha value is -3.43. The average molecular weight is 482 g/mol. The van der Waals surface area contributed by atoms with Crippen LogP contribution in [0.5, 0.6) is 0 Å². The van der Waals surface area contributed by atoms with Gasteiger partial charge in [-0.25, -0.2) is 14.8 Å². The Kier molecular flexibility index (Phi) is 6.62. The molecule has 0 fully saturated rings. The molecule has 10 heteroatoms. The first-order chi connectivity index (χ1) is 15.9. The first-order valence-corrected chi connectivity index (χ1v) is 11.6. The maximum absolute atomic E-state index is 12.9. The highest BCUT2D eigenvalue weighted by molar-refractivity contribution is 7.98. The van der Waals surface area contributed by atoms with Crippen LogP contribution in [0.15, 0.2) is 69.2 Å². The van der Waals surface area contributed by atoms with Crippen LogP contribution in [0.25, 0.3) is 22.4 Å². The van der Waals surface area contributed by atoms with E-state index >= 15 is 0 Å². The van der Waals surface area contributed by atoms with Crippen LogP contribution in [0.4, 0.5) is 0 Å². The van der Waals surface area contributed by atoms with Crippen molar-refractivity contribution in [2.75, 3.05) is 6.26 Å². The molecule has 0 saturated carbocycles. The summed E-state index contributed by atoms with van der Waals surface area (Å²) in [4.78, 5) is 48.0. The van der Waals surface area contributed by atoms with Crippen molar-refractivity contribution >= 4 is 40.3 Å². The molecule has 0 radical (unpaired) electrons. The fourth-order valence-electron chi connectivity index (χ4n) is 3.30. The monoisotopic (exact) mass is 481 g/mol. The number of aromatic nitrogens is 4. The number of hydrogen-bond acceptors (Lipinski definition) is 6. The highest BCUT2D eigenvalue weighted by atomic mass is 35.5. The molecule has 0 spiro atoms. The molecule has 0 aliphatic carbocycles. The minimum absolute atomic E-state index is 0.148. The number of nitrogens with one attached hydrogen (secondary N) is 1. The Morgan fingerprint density at radius 1 is 1.09 bits per heavy atom. The van der Waals surface area contributed by atoms with Crippen molar-refractivity contribution in [2.24, 2.45) is 7.05 Å². The van der Waals surface area contributed by atoms with E-state index in [1.54, 1.807) is 36.0 Å². The Bertz CT molecular complexity index is 1450. The lowest BCUT2D eigenvalue weighted by Gasteiger charge is -2.11. The lowest BCUT2D eigenvalue weighted by Crippen LogP contribution is -2.43. The third-order valence-electron chi connectivity index (χ3n) is 5.13. The second kappa shape index (κ2) is 9.60. The summed E-state index contributed by atoms with van der Waals surface area (Å²) in [5.41, 5.74) is 0.560. The summed E-state index contributed by atoms with van der Waals surface area (Å²) in [5.74, 6) is -0.0854. The Labute approximate surface area is 198 Å². The van der Waals surface area contributed by atoms with Crippen LogP contribution >= 0.6 is 23.4 Å². The predicted molar refractivity (Wildman–Crippen MR) is 130 cm³/mol. The number of carbonyl (C=O) groups is 1. The molecule has 1 N–H and O–H groups in total. The second-order valence-corrected chi connectivity index (χ2v) is 8.61. The molecule has 2 aromatic heterocycles. The van der Waals surface area contributed by atoms with E-state index in [1.807, 2.05) is 30.5 Å². The molecule has 8 nitrogen and oxygen atoms in total. The molecular weight excluding hydrogens is 462 g/mol. The molecule has 0 saturated heterocycles. The summed E-state index contributed by atoms with van der Waals surface area (Å²) in [7, 11) is 1.50. The third-order valence-corrected chi connectivity index (χ3v) is 6.13. The zero-order chi connectivity index (χ0) is 23.5. The molecule has 4 rings (SSSR count). The average Bonchev–Trinajstić information content (AvgIpc) is 2.84. The van der Waals surface area contributed by atoms with Gasteiger partial charge in [-0.1, -0.05) is 23.7 Å². The van der Waals surface area contributed by atoms with Crippen molar-refractivity contribution in [3.8, 4) is 11.4 Å². The van der Waals surface area contributed by atoms with Gasteiger partial charge in [0.05, 0.1) is 0 Å². The highest BCUT2D eigenvalue weighted by Crippen LogP contribution is 2.19. The van der Waals surface area contributed by atoms with Gasteiger partial charge in [0.2, 0.25) is 5.91 Å².